The Morgan fingerprint density at radius 1 is 0.800 bits per heavy atom. The summed E-state index contributed by atoms with van der Waals surface area (Å²) in [5.41, 5.74) is 3.54. The predicted octanol–water partition coefficient (Wildman–Crippen LogP) is -2.70. The van der Waals surface area contributed by atoms with Gasteiger partial charge in [-0.2, -0.15) is 0 Å². The quantitative estimate of drug-likeness (QED) is 0.0524. The van der Waals surface area contributed by atoms with Crippen LogP contribution in [0.1, 0.15) is 68.2 Å². The number of rotatable bonds is 20. The zero-order chi connectivity index (χ0) is 57.8. The third kappa shape index (κ3) is 16.3. The maximum absolute atomic E-state index is 14.4. The smallest absolute Gasteiger partial charge is 0.558 e. The van der Waals surface area contributed by atoms with E-state index in [-0.39, 0.29) is 45.2 Å². The molecule has 9 atom stereocenters. The van der Waals surface area contributed by atoms with E-state index in [1.54, 1.807) is 25.1 Å². The second kappa shape index (κ2) is 27.9. The fourth-order valence-electron chi connectivity index (χ4n) is 10.3. The molecule has 26 nitrogen and oxygen atoms in total. The fourth-order valence-corrected chi connectivity index (χ4v) is 11.0. The van der Waals surface area contributed by atoms with Crippen LogP contribution in [0, 0.1) is 5.92 Å². The van der Waals surface area contributed by atoms with Crippen molar-refractivity contribution in [1.29, 1.82) is 0 Å². The number of carbonyl (C=O) groups is 11. The Kier molecular flexibility index (Phi) is 21.1. The number of nitrogens with one attached hydrogen (secondary N) is 5. The van der Waals surface area contributed by atoms with Crippen molar-refractivity contribution in [3.05, 3.63) is 64.7 Å². The Morgan fingerprint density at radius 2 is 1.44 bits per heavy atom. The van der Waals surface area contributed by atoms with Gasteiger partial charge in [-0.3, -0.25) is 72.3 Å². The van der Waals surface area contributed by atoms with Crippen LogP contribution in [-0.2, 0) is 90.9 Å². The summed E-state index contributed by atoms with van der Waals surface area (Å²) in [6, 6.07) is 6.90. The van der Waals surface area contributed by atoms with Crippen molar-refractivity contribution < 1.29 is 78.8 Å². The van der Waals surface area contributed by atoms with Gasteiger partial charge in [0.2, 0.25) is 47.6 Å². The number of anilines is 1. The molecule has 4 unspecified atom stereocenters. The lowest BCUT2D eigenvalue weighted by atomic mass is 9.96. The van der Waals surface area contributed by atoms with E-state index in [1.165, 1.54) is 11.9 Å². The van der Waals surface area contributed by atoms with Crippen LogP contribution >= 0.6 is 0 Å². The first kappa shape index (κ1) is 60.6. The number of carbonyl (C=O) groups excluding carboxylic acids is 10. The van der Waals surface area contributed by atoms with Crippen molar-refractivity contribution in [1.82, 2.24) is 46.2 Å². The van der Waals surface area contributed by atoms with Gasteiger partial charge in [0, 0.05) is 65.7 Å². The minimum Gasteiger partial charge on any atom is -0.558 e. The fraction of sp³-hybridized carbons (Fsp3) is 0.558. The summed E-state index contributed by atoms with van der Waals surface area (Å²) in [4.78, 5) is 152. The van der Waals surface area contributed by atoms with Gasteiger partial charge in [-0.25, -0.2) is 0 Å². The number of carboxylic acid groups (broad SMARTS) is 1. The van der Waals surface area contributed by atoms with Crippen LogP contribution in [0.3, 0.4) is 0 Å². The molecule has 2 aromatic rings. The number of aliphatic hydroxyl groups is 1. The summed E-state index contributed by atoms with van der Waals surface area (Å²) in [6.45, 7) is 5.46. The van der Waals surface area contributed by atoms with E-state index in [0.717, 1.165) is 21.6 Å². The average molecular weight is 1140 g/mol. The van der Waals surface area contributed by atoms with E-state index in [2.05, 4.69) is 31.5 Å². The van der Waals surface area contributed by atoms with Crippen LogP contribution in [0.5, 0.6) is 0 Å². The number of halogens is 1. The van der Waals surface area contributed by atoms with Crippen LogP contribution in [-0.4, -0.2) is 219 Å². The summed E-state index contributed by atoms with van der Waals surface area (Å²) in [6.07, 6.45) is -1.67. The average Bonchev–Trinajstić information content (AvgIpc) is 4.15. The van der Waals surface area contributed by atoms with Crippen LogP contribution in [0.15, 0.2) is 42.5 Å². The molecule has 0 radical (unpaired) electrons. The lowest BCUT2D eigenvalue weighted by molar-refractivity contribution is -0.155. The van der Waals surface area contributed by atoms with Crippen molar-refractivity contribution >= 4 is 86.2 Å². The largest absolute Gasteiger partial charge is 1.15 e. The Bertz CT molecular complexity index is 2660. The highest BCUT2D eigenvalue weighted by atomic mass is 27.3. The summed E-state index contributed by atoms with van der Waals surface area (Å²) >= 11 is -3.93. The number of nitrogens with zero attached hydrogens (tertiary/aromatic N) is 5. The molecule has 3 saturated heterocycles. The Hall–Kier alpha value is -7.09. The number of benzene rings is 2. The summed E-state index contributed by atoms with van der Waals surface area (Å²) in [7, 11) is 1.38. The van der Waals surface area contributed by atoms with Gasteiger partial charge >= 0.3 is 27.2 Å². The molecule has 5 aliphatic rings. The van der Waals surface area contributed by atoms with Crippen molar-refractivity contribution in [2.24, 2.45) is 5.92 Å². The van der Waals surface area contributed by atoms with Crippen LogP contribution < -0.4 is 31.5 Å². The Morgan fingerprint density at radius 3 is 2.06 bits per heavy atom. The molecule has 2 aromatic carbocycles. The zero-order valence-corrected chi connectivity index (χ0v) is 46.0. The molecule has 0 aromatic heterocycles. The molecular weight excluding hydrogens is 1070 g/mol. The summed E-state index contributed by atoms with van der Waals surface area (Å²) in [5, 5.41) is 32.3. The molecule has 0 saturated carbocycles. The van der Waals surface area contributed by atoms with Crippen molar-refractivity contribution in [3.63, 3.8) is 0 Å². The zero-order valence-electron chi connectivity index (χ0n) is 44.8. The van der Waals surface area contributed by atoms with Crippen LogP contribution in [0.25, 0.3) is 0 Å². The first-order valence-corrected chi connectivity index (χ1v) is 28.0. The highest BCUT2D eigenvalue weighted by molar-refractivity contribution is 6.41. The van der Waals surface area contributed by atoms with Gasteiger partial charge < -0.3 is 57.5 Å². The minimum atomic E-state index is -3.93. The molecule has 7 amide bonds. The van der Waals surface area contributed by atoms with Crippen molar-refractivity contribution in [2.45, 2.75) is 108 Å². The topological polar surface area (TPSA) is 332 Å². The molecule has 28 heteroatoms. The van der Waals surface area contributed by atoms with Crippen molar-refractivity contribution in [2.75, 3.05) is 77.4 Å². The molecule has 7 N–H and O–H groups in total. The van der Waals surface area contributed by atoms with Crippen LogP contribution in [0.4, 0.5) is 9.21 Å². The van der Waals surface area contributed by atoms with E-state index in [9.17, 15) is 66.5 Å². The minimum absolute atomic E-state index is 0.143. The highest BCUT2D eigenvalue weighted by Crippen LogP contribution is 2.39. The van der Waals surface area contributed by atoms with Gasteiger partial charge in [0.15, 0.2) is 0 Å². The van der Waals surface area contributed by atoms with E-state index in [1.807, 2.05) is 41.0 Å². The van der Waals surface area contributed by atoms with Crippen molar-refractivity contribution in [3.8, 4) is 0 Å². The first-order chi connectivity index (χ1) is 38.1. The highest BCUT2D eigenvalue weighted by Gasteiger charge is 2.47. The van der Waals surface area contributed by atoms with E-state index >= 15 is 0 Å². The molecular formula is C52H68AlFN10O16. The predicted molar refractivity (Wildman–Crippen MR) is 279 cm³/mol. The molecule has 5 aliphatic heterocycles. The second-order valence-corrected chi connectivity index (χ2v) is 21.6. The lowest BCUT2D eigenvalue weighted by Gasteiger charge is -2.33. The molecule has 5 heterocycles. The number of likely N-dealkylation sites (N-methyl/N-ethyl adjacent to an activating group) is 1. The molecule has 0 aliphatic carbocycles. The van der Waals surface area contributed by atoms with Gasteiger partial charge in [-0.05, 0) is 47.4 Å². The number of fused-ring (bicyclic) bond motifs is 3. The third-order valence-electron chi connectivity index (χ3n) is 14.9. The van der Waals surface area contributed by atoms with E-state index < -0.39 is 142 Å². The molecule has 2 bridgehead atoms. The number of aryl methyl sites for hydroxylation is 1. The van der Waals surface area contributed by atoms with Gasteiger partial charge in [-0.15, -0.1) is 0 Å². The number of hydrogen-bond donors (Lipinski definition) is 7. The monoisotopic (exact) mass is 1130 g/mol. The summed E-state index contributed by atoms with van der Waals surface area (Å²) in [5.74, 6) is -8.75. The number of aliphatic hydroxyl groups excluding tert-OH is 1. The molecule has 0 spiro atoms. The third-order valence-corrected chi connectivity index (χ3v) is 15.8. The van der Waals surface area contributed by atoms with Gasteiger partial charge in [0.05, 0.1) is 44.7 Å². The number of amides is 7. The number of carboxylic acids is 1. The lowest BCUT2D eigenvalue weighted by Crippen LogP contribution is -2.59. The second-order valence-electron chi connectivity index (χ2n) is 20.6. The van der Waals surface area contributed by atoms with Gasteiger partial charge in [0.1, 0.15) is 30.2 Å². The molecule has 7 rings (SSSR count). The van der Waals surface area contributed by atoms with E-state index in [4.69, 9.17) is 12.3 Å². The normalized spacial score (nSPS) is 23.4. The maximum atomic E-state index is 14.4. The first-order valence-electron chi connectivity index (χ1n) is 26.7. The molecule has 432 valence electrons. The number of hydrogen-bond acceptors (Lipinski definition) is 18. The number of ether oxygens (including phenoxy) is 1. The Balaban J connectivity index is 0.889. The maximum Gasteiger partial charge on any atom is 1.15 e. The Labute approximate surface area is 465 Å². The SMILES string of the molecule is CC[C@H](C)[C@@H](C(=O)N[C@H]1CCc2cccc3c2N(C1=O)[C@H](C(=O)NC1CC(=O)OC1O)C3)N(C)C(=O)CNC(=O)CNC(=O)[C@H](CCC(=O)O)NC(=O)Cc1ccc(CN2CCN3CCN(CC2)CC(=O)[O][Al]([F])[O]C(=O)C3)cc1. The van der Waals surface area contributed by atoms with Crippen LogP contribution in [0.2, 0.25) is 0 Å². The molecule has 3 fully saturated rings. The van der Waals surface area contributed by atoms with Gasteiger partial charge in [0.25, 0.3) is 11.9 Å². The number of aliphatic carboxylic acids is 1. The number of cyclic esters (lactones) is 1. The standard InChI is InChI=1S/C52H70N10O16.Al.FH/c1-4-30(2)46(50(75)56-36-13-12-33-6-5-7-34-23-38(62(47(33)34)51(36)76)49(74)57-37-24-45(72)78-52(37)77)58(3)41(65)26-53-40(64)25-54-48(73)35(14-15-42(66)67)55-39(63)22-31-8-10-32(11-9-31)27-59-16-18-60(28-43(68)69)20-21-61(19-17-59)29-44(70)71;;/h5-11,30,35-38,46,52,77H,4,12-29H2,1-3H3,(H,53,64)(H,54,73)(H,55,63)(H,56,75)(H,57,74)(H,66,67)(H,68,69)(H,70,71);;1H/q;+3;/p-3/t30-,35-,36-,37?,38-,46-,52?;;/m0../s1. The summed E-state index contributed by atoms with van der Waals surface area (Å²) < 4.78 is 28.3. The van der Waals surface area contributed by atoms with E-state index in [0.29, 0.717) is 69.9 Å². The number of para-hydroxylation sites is 1. The number of esters is 1. The molecule has 80 heavy (non-hydrogen) atoms. The van der Waals surface area contributed by atoms with Gasteiger partial charge in [-0.1, -0.05) is 62.7 Å².